The van der Waals surface area contributed by atoms with E-state index in [0.29, 0.717) is 28.8 Å². The summed E-state index contributed by atoms with van der Waals surface area (Å²) in [5.41, 5.74) is 1.89. The first-order valence-electron chi connectivity index (χ1n) is 10.9. The molecule has 2 aromatic carbocycles. The number of thioether (sulfide) groups is 1. The fraction of sp³-hybridized carbons (Fsp3) is 0.200. The van der Waals surface area contributed by atoms with Gasteiger partial charge in [0.2, 0.25) is 0 Å². The number of anilines is 2. The molecule has 8 nitrogen and oxygen atoms in total. The van der Waals surface area contributed by atoms with Crippen LogP contribution in [0.4, 0.5) is 16.3 Å². The van der Waals surface area contributed by atoms with E-state index < -0.39 is 22.1 Å². The average molecular weight is 475 g/mol. The van der Waals surface area contributed by atoms with E-state index in [1.807, 2.05) is 59.5 Å². The van der Waals surface area contributed by atoms with Crippen LogP contribution >= 0.6 is 11.8 Å². The van der Waals surface area contributed by atoms with Crippen molar-refractivity contribution >= 4 is 39.5 Å². The monoisotopic (exact) mass is 474 g/mol. The van der Waals surface area contributed by atoms with Crippen molar-refractivity contribution in [2.24, 2.45) is 0 Å². The van der Waals surface area contributed by atoms with Crippen molar-refractivity contribution in [1.82, 2.24) is 14.8 Å². The maximum atomic E-state index is 13.8. The number of fused-ring (bicyclic) bond motifs is 1. The van der Waals surface area contributed by atoms with Crippen molar-refractivity contribution < 1.29 is 19.1 Å². The number of aromatic nitrogens is 1. The number of hydrogen-bond acceptors (Lipinski definition) is 7. The second-order valence-corrected chi connectivity index (χ2v) is 8.70. The van der Waals surface area contributed by atoms with Gasteiger partial charge in [-0.25, -0.2) is 4.98 Å². The SMILES string of the molecule is CCOC1(N2CN(c3ccccn3)c3ccccc3C2=O)C(=O)SC(=O)N1Cc1ccccc1. The molecule has 1 fully saturated rings. The molecule has 1 saturated heterocycles. The summed E-state index contributed by atoms with van der Waals surface area (Å²) in [6, 6.07) is 22.0. The quantitative estimate of drug-likeness (QED) is 0.529. The number of para-hydroxylation sites is 1. The van der Waals surface area contributed by atoms with Gasteiger partial charge < -0.3 is 9.64 Å². The highest BCUT2D eigenvalue weighted by molar-refractivity contribution is 8.26. The number of rotatable bonds is 6. The highest BCUT2D eigenvalue weighted by atomic mass is 32.2. The molecular formula is C25H22N4O4S. The first-order valence-corrected chi connectivity index (χ1v) is 11.7. The Labute approximate surface area is 201 Å². The molecular weight excluding hydrogens is 452 g/mol. The van der Waals surface area contributed by atoms with Crippen LogP contribution in [0.25, 0.3) is 0 Å². The molecule has 0 spiro atoms. The molecule has 2 amide bonds. The lowest BCUT2D eigenvalue weighted by molar-refractivity contribution is -0.200. The molecule has 1 aromatic heterocycles. The van der Waals surface area contributed by atoms with Gasteiger partial charge in [0.15, 0.2) is 0 Å². The number of carbonyl (C=O) groups excluding carboxylic acids is 3. The van der Waals surface area contributed by atoms with Crippen LogP contribution in [0.5, 0.6) is 0 Å². The normalized spacial score (nSPS) is 20.1. The number of carbonyl (C=O) groups is 3. The third-order valence-electron chi connectivity index (χ3n) is 5.81. The summed E-state index contributed by atoms with van der Waals surface area (Å²) in [6.07, 6.45) is 1.67. The minimum Gasteiger partial charge on any atom is -0.331 e. The Balaban J connectivity index is 1.64. The van der Waals surface area contributed by atoms with Gasteiger partial charge in [-0.2, -0.15) is 0 Å². The van der Waals surface area contributed by atoms with Crippen LogP contribution in [0.1, 0.15) is 22.8 Å². The van der Waals surface area contributed by atoms with E-state index in [0.717, 1.165) is 5.56 Å². The molecule has 0 bridgehead atoms. The van der Waals surface area contributed by atoms with Crippen LogP contribution < -0.4 is 4.90 Å². The molecule has 0 N–H and O–H groups in total. The van der Waals surface area contributed by atoms with Gasteiger partial charge in [0.05, 0.1) is 17.8 Å². The Morgan fingerprint density at radius 3 is 2.44 bits per heavy atom. The van der Waals surface area contributed by atoms with Crippen molar-refractivity contribution in [3.05, 3.63) is 90.1 Å². The predicted octanol–water partition coefficient (Wildman–Crippen LogP) is 4.22. The van der Waals surface area contributed by atoms with Gasteiger partial charge in [-0.1, -0.05) is 48.5 Å². The third kappa shape index (κ3) is 3.53. The molecule has 172 valence electrons. The Morgan fingerprint density at radius 2 is 1.71 bits per heavy atom. The molecule has 0 saturated carbocycles. The van der Waals surface area contributed by atoms with Crippen LogP contribution in [0, 0.1) is 0 Å². The van der Waals surface area contributed by atoms with Crippen LogP contribution in [0.15, 0.2) is 79.0 Å². The fourth-order valence-electron chi connectivity index (χ4n) is 4.30. The van der Waals surface area contributed by atoms with Crippen molar-refractivity contribution in [1.29, 1.82) is 0 Å². The van der Waals surface area contributed by atoms with Crippen LogP contribution in [-0.2, 0) is 16.1 Å². The van der Waals surface area contributed by atoms with Gasteiger partial charge in [-0.3, -0.25) is 24.2 Å². The molecule has 2 aliphatic rings. The molecule has 1 atom stereocenters. The Kier molecular flexibility index (Phi) is 5.80. The number of nitrogens with zero attached hydrogens (tertiary/aromatic N) is 4. The molecule has 2 aliphatic heterocycles. The summed E-state index contributed by atoms with van der Waals surface area (Å²) >= 11 is 0.564. The van der Waals surface area contributed by atoms with Crippen LogP contribution in [-0.4, -0.2) is 50.2 Å². The number of pyridine rings is 1. The summed E-state index contributed by atoms with van der Waals surface area (Å²) in [6.45, 7) is 1.97. The average Bonchev–Trinajstić information content (AvgIpc) is 3.10. The maximum absolute atomic E-state index is 13.8. The van der Waals surface area contributed by atoms with E-state index >= 15 is 0 Å². The number of hydrogen-bond donors (Lipinski definition) is 0. The summed E-state index contributed by atoms with van der Waals surface area (Å²) in [4.78, 5) is 49.3. The molecule has 5 rings (SSSR count). The Morgan fingerprint density at radius 1 is 0.971 bits per heavy atom. The molecule has 9 heteroatoms. The van der Waals surface area contributed by atoms with Crippen molar-refractivity contribution in [2.75, 3.05) is 18.2 Å². The number of benzene rings is 2. The zero-order valence-corrected chi connectivity index (χ0v) is 19.3. The Bertz CT molecular complexity index is 1240. The summed E-state index contributed by atoms with van der Waals surface area (Å²) < 4.78 is 6.06. The number of ether oxygens (including phenoxy) is 1. The van der Waals surface area contributed by atoms with E-state index in [4.69, 9.17) is 4.74 Å². The molecule has 0 radical (unpaired) electrons. The highest BCUT2D eigenvalue weighted by Gasteiger charge is 2.62. The largest absolute Gasteiger partial charge is 0.331 e. The van der Waals surface area contributed by atoms with E-state index in [1.54, 1.807) is 31.3 Å². The smallest absolute Gasteiger partial charge is 0.302 e. The summed E-state index contributed by atoms with van der Waals surface area (Å²) in [5.74, 6) is -1.67. The first-order chi connectivity index (χ1) is 16.6. The van der Waals surface area contributed by atoms with Gasteiger partial charge in [-0.05, 0) is 36.8 Å². The standard InChI is InChI=1S/C25H22N4O4S/c1-2-33-25(23(31)34-24(32)28(25)16-18-10-4-3-5-11-18)29-17-27(21-14-8-9-15-26-21)20-13-7-6-12-19(20)22(29)30/h3-15H,2,16-17H2,1H3. The molecule has 3 aromatic rings. The zero-order chi connectivity index (χ0) is 23.7. The Hall–Kier alpha value is -3.69. The first kappa shape index (κ1) is 22.1. The van der Waals surface area contributed by atoms with Gasteiger partial charge in [0.1, 0.15) is 12.5 Å². The van der Waals surface area contributed by atoms with Gasteiger partial charge in [-0.15, -0.1) is 0 Å². The molecule has 34 heavy (non-hydrogen) atoms. The molecule has 0 aliphatic carbocycles. The third-order valence-corrected chi connectivity index (χ3v) is 6.65. The maximum Gasteiger partial charge on any atom is 0.302 e. The lowest BCUT2D eigenvalue weighted by Gasteiger charge is -2.47. The summed E-state index contributed by atoms with van der Waals surface area (Å²) in [7, 11) is 0. The van der Waals surface area contributed by atoms with Gasteiger partial charge in [0, 0.05) is 24.6 Å². The van der Waals surface area contributed by atoms with Crippen molar-refractivity contribution in [2.45, 2.75) is 19.3 Å². The van der Waals surface area contributed by atoms with Crippen LogP contribution in [0.2, 0.25) is 0 Å². The zero-order valence-electron chi connectivity index (χ0n) is 18.5. The van der Waals surface area contributed by atoms with E-state index in [1.165, 1.54) is 9.80 Å². The molecule has 1 unspecified atom stereocenters. The lowest BCUT2D eigenvalue weighted by atomic mass is 10.1. The fourth-order valence-corrected chi connectivity index (χ4v) is 5.17. The lowest BCUT2D eigenvalue weighted by Crippen LogP contribution is -2.67. The van der Waals surface area contributed by atoms with E-state index in [-0.39, 0.29) is 19.8 Å². The molecule has 3 heterocycles. The number of amides is 2. The highest BCUT2D eigenvalue weighted by Crippen LogP contribution is 2.44. The van der Waals surface area contributed by atoms with E-state index in [2.05, 4.69) is 4.98 Å². The second kappa shape index (κ2) is 8.92. The minimum atomic E-state index is -1.88. The summed E-state index contributed by atoms with van der Waals surface area (Å²) in [5, 5.41) is -0.998. The minimum absolute atomic E-state index is 0.0161. The van der Waals surface area contributed by atoms with Crippen LogP contribution in [0.3, 0.4) is 0 Å². The van der Waals surface area contributed by atoms with E-state index in [9.17, 15) is 14.4 Å². The van der Waals surface area contributed by atoms with Gasteiger partial charge >= 0.3 is 5.85 Å². The topological polar surface area (TPSA) is 83.0 Å². The van der Waals surface area contributed by atoms with Gasteiger partial charge in [0.25, 0.3) is 16.3 Å². The van der Waals surface area contributed by atoms with Crippen molar-refractivity contribution in [3.8, 4) is 0 Å². The second-order valence-electron chi connectivity index (χ2n) is 7.78. The predicted molar refractivity (Wildman–Crippen MR) is 128 cm³/mol. The van der Waals surface area contributed by atoms with Crippen molar-refractivity contribution in [3.63, 3.8) is 0 Å².